The van der Waals surface area contributed by atoms with Crippen molar-refractivity contribution < 1.29 is 21.6 Å². The minimum absolute atomic E-state index is 0.0788. The Morgan fingerprint density at radius 3 is 2.48 bits per heavy atom. The highest BCUT2D eigenvalue weighted by molar-refractivity contribution is 9.10. The van der Waals surface area contributed by atoms with E-state index in [-0.39, 0.29) is 4.90 Å². The lowest BCUT2D eigenvalue weighted by Gasteiger charge is -2.11. The predicted molar refractivity (Wildman–Crippen MR) is 77.4 cm³/mol. The maximum atomic E-state index is 12.0. The average Bonchev–Trinajstić information content (AvgIpc) is 2.34. The Bertz CT molecular complexity index is 576. The molecule has 0 radical (unpaired) electrons. The minimum atomic E-state index is -4.39. The molecule has 0 saturated carbocycles. The van der Waals surface area contributed by atoms with Gasteiger partial charge in [-0.15, -0.1) is 0 Å². The van der Waals surface area contributed by atoms with Crippen molar-refractivity contribution >= 4 is 26.0 Å². The van der Waals surface area contributed by atoms with Crippen LogP contribution in [0.5, 0.6) is 0 Å². The first-order valence-electron chi connectivity index (χ1n) is 6.21. The van der Waals surface area contributed by atoms with Gasteiger partial charge in [0.2, 0.25) is 10.0 Å². The van der Waals surface area contributed by atoms with Gasteiger partial charge in [-0.25, -0.2) is 13.1 Å². The van der Waals surface area contributed by atoms with Crippen molar-refractivity contribution in [3.63, 3.8) is 0 Å². The lowest BCUT2D eigenvalue weighted by atomic mass is 10.2. The van der Waals surface area contributed by atoms with Crippen LogP contribution in [0.25, 0.3) is 0 Å². The third kappa shape index (κ3) is 6.33. The SMILES string of the molecule is CCNCc1ccc(S(=O)(=O)NCCC(F)(F)F)c(Br)c1. The molecule has 0 heterocycles. The number of hydrogen-bond acceptors (Lipinski definition) is 3. The van der Waals surface area contributed by atoms with E-state index in [1.165, 1.54) is 6.07 Å². The summed E-state index contributed by atoms with van der Waals surface area (Å²) in [5.41, 5.74) is 0.873. The Hall–Kier alpha value is -0.640. The summed E-state index contributed by atoms with van der Waals surface area (Å²) in [4.78, 5) is -0.0788. The highest BCUT2D eigenvalue weighted by Gasteiger charge is 2.28. The van der Waals surface area contributed by atoms with Crippen molar-refractivity contribution in [2.75, 3.05) is 13.1 Å². The summed E-state index contributed by atoms with van der Waals surface area (Å²) in [5.74, 6) is 0. The molecule has 0 aliphatic heterocycles. The summed E-state index contributed by atoms with van der Waals surface area (Å²) in [5, 5.41) is 3.09. The number of sulfonamides is 1. The molecular formula is C12H16BrF3N2O2S. The lowest BCUT2D eigenvalue weighted by molar-refractivity contribution is -0.132. The number of benzene rings is 1. The lowest BCUT2D eigenvalue weighted by Crippen LogP contribution is -2.28. The Labute approximate surface area is 130 Å². The second-order valence-corrected chi connectivity index (χ2v) is 6.90. The van der Waals surface area contributed by atoms with Crippen LogP contribution in [0.1, 0.15) is 18.9 Å². The molecule has 0 unspecified atom stereocenters. The molecule has 1 aromatic rings. The third-order valence-corrected chi connectivity index (χ3v) is 5.00. The van der Waals surface area contributed by atoms with Crippen LogP contribution in [0.4, 0.5) is 13.2 Å². The van der Waals surface area contributed by atoms with Crippen LogP contribution in [0.2, 0.25) is 0 Å². The fraction of sp³-hybridized carbons (Fsp3) is 0.500. The molecule has 0 aliphatic rings. The molecule has 120 valence electrons. The summed E-state index contributed by atoms with van der Waals surface area (Å²) in [6.07, 6.45) is -5.60. The van der Waals surface area contributed by atoms with Crippen LogP contribution in [-0.2, 0) is 16.6 Å². The van der Waals surface area contributed by atoms with Crippen LogP contribution in [0, 0.1) is 0 Å². The van der Waals surface area contributed by atoms with Gasteiger partial charge in [-0.3, -0.25) is 0 Å². The van der Waals surface area contributed by atoms with Crippen molar-refractivity contribution in [2.24, 2.45) is 0 Å². The van der Waals surface area contributed by atoms with Gasteiger partial charge in [-0.05, 0) is 40.2 Å². The summed E-state index contributed by atoms with van der Waals surface area (Å²) in [6, 6.07) is 4.61. The molecule has 0 saturated heterocycles. The van der Waals surface area contributed by atoms with Crippen molar-refractivity contribution in [2.45, 2.75) is 31.0 Å². The smallest absolute Gasteiger partial charge is 0.313 e. The molecule has 1 aromatic carbocycles. The Morgan fingerprint density at radius 2 is 1.95 bits per heavy atom. The average molecular weight is 389 g/mol. The van der Waals surface area contributed by atoms with Gasteiger partial charge in [-0.2, -0.15) is 13.2 Å². The molecule has 2 N–H and O–H groups in total. The normalized spacial score (nSPS) is 12.6. The van der Waals surface area contributed by atoms with E-state index < -0.39 is 29.2 Å². The van der Waals surface area contributed by atoms with Crippen LogP contribution < -0.4 is 10.0 Å². The van der Waals surface area contributed by atoms with E-state index in [1.54, 1.807) is 12.1 Å². The Balaban J connectivity index is 2.79. The fourth-order valence-corrected chi connectivity index (χ4v) is 3.70. The Kier molecular flexibility index (Phi) is 6.64. The maximum Gasteiger partial charge on any atom is 0.390 e. The number of rotatable bonds is 7. The molecule has 0 spiro atoms. The highest BCUT2D eigenvalue weighted by Crippen LogP contribution is 2.24. The van der Waals surface area contributed by atoms with E-state index in [2.05, 4.69) is 21.2 Å². The standard InChI is InChI=1S/C12H16BrF3N2O2S/c1-2-17-8-9-3-4-11(10(13)7-9)21(19,20)18-6-5-12(14,15)16/h3-4,7,17-18H,2,5-6,8H2,1H3. The first-order valence-corrected chi connectivity index (χ1v) is 8.49. The summed E-state index contributed by atoms with van der Waals surface area (Å²) < 4.78 is 62.2. The summed E-state index contributed by atoms with van der Waals surface area (Å²) in [7, 11) is -3.97. The molecule has 0 aromatic heterocycles. The molecule has 0 fully saturated rings. The van der Waals surface area contributed by atoms with Gasteiger partial charge in [0, 0.05) is 17.6 Å². The van der Waals surface area contributed by atoms with Crippen molar-refractivity contribution in [3.8, 4) is 0 Å². The number of halogens is 4. The molecule has 0 aliphatic carbocycles. The van der Waals surface area contributed by atoms with Gasteiger partial charge in [0.05, 0.1) is 11.3 Å². The molecule has 21 heavy (non-hydrogen) atoms. The van der Waals surface area contributed by atoms with E-state index in [1.807, 2.05) is 11.6 Å². The largest absolute Gasteiger partial charge is 0.390 e. The topological polar surface area (TPSA) is 58.2 Å². The first kappa shape index (κ1) is 18.4. The number of nitrogens with one attached hydrogen (secondary N) is 2. The highest BCUT2D eigenvalue weighted by atomic mass is 79.9. The summed E-state index contributed by atoms with van der Waals surface area (Å²) >= 11 is 3.14. The van der Waals surface area contributed by atoms with E-state index >= 15 is 0 Å². The van der Waals surface area contributed by atoms with Crippen molar-refractivity contribution in [1.82, 2.24) is 10.0 Å². The Morgan fingerprint density at radius 1 is 1.29 bits per heavy atom. The van der Waals surface area contributed by atoms with Gasteiger partial charge in [0.25, 0.3) is 0 Å². The second kappa shape index (κ2) is 7.57. The second-order valence-electron chi connectivity index (χ2n) is 4.31. The minimum Gasteiger partial charge on any atom is -0.313 e. The van der Waals surface area contributed by atoms with Crippen LogP contribution >= 0.6 is 15.9 Å². The number of alkyl halides is 3. The molecule has 0 bridgehead atoms. The number of hydrogen-bond donors (Lipinski definition) is 2. The van der Waals surface area contributed by atoms with Gasteiger partial charge in [0.15, 0.2) is 0 Å². The molecule has 0 amide bonds. The fourth-order valence-electron chi connectivity index (χ4n) is 1.55. The van der Waals surface area contributed by atoms with Crippen molar-refractivity contribution in [3.05, 3.63) is 28.2 Å². The molecule has 0 atom stereocenters. The molecule has 1 rings (SSSR count). The maximum absolute atomic E-state index is 12.0. The van der Waals surface area contributed by atoms with E-state index in [4.69, 9.17) is 0 Å². The van der Waals surface area contributed by atoms with E-state index in [0.29, 0.717) is 11.0 Å². The third-order valence-electron chi connectivity index (χ3n) is 2.57. The zero-order chi connectivity index (χ0) is 16.1. The van der Waals surface area contributed by atoms with Gasteiger partial charge in [0.1, 0.15) is 0 Å². The molecular weight excluding hydrogens is 373 g/mol. The zero-order valence-corrected chi connectivity index (χ0v) is 13.7. The van der Waals surface area contributed by atoms with Gasteiger partial charge in [-0.1, -0.05) is 13.0 Å². The molecule has 9 heteroatoms. The van der Waals surface area contributed by atoms with Gasteiger partial charge >= 0.3 is 6.18 Å². The molecule has 4 nitrogen and oxygen atoms in total. The quantitative estimate of drug-likeness (QED) is 0.754. The van der Waals surface area contributed by atoms with E-state index in [0.717, 1.165) is 12.1 Å². The predicted octanol–water partition coefficient (Wildman–Crippen LogP) is 2.79. The van der Waals surface area contributed by atoms with E-state index in [9.17, 15) is 21.6 Å². The summed E-state index contributed by atoms with van der Waals surface area (Å²) in [6.45, 7) is 2.61. The van der Waals surface area contributed by atoms with Crippen molar-refractivity contribution in [1.29, 1.82) is 0 Å². The van der Waals surface area contributed by atoms with Crippen LogP contribution in [0.3, 0.4) is 0 Å². The monoisotopic (exact) mass is 388 g/mol. The van der Waals surface area contributed by atoms with Crippen LogP contribution in [-0.4, -0.2) is 27.7 Å². The first-order chi connectivity index (χ1) is 9.65. The van der Waals surface area contributed by atoms with Crippen LogP contribution in [0.15, 0.2) is 27.6 Å². The van der Waals surface area contributed by atoms with Gasteiger partial charge < -0.3 is 5.32 Å². The zero-order valence-electron chi connectivity index (χ0n) is 11.3.